The Balaban J connectivity index is 1.48. The molecule has 0 atom stereocenters. The second kappa shape index (κ2) is 10.6. The van der Waals surface area contributed by atoms with Gasteiger partial charge in [0.25, 0.3) is 11.8 Å². The molecule has 0 aliphatic rings. The van der Waals surface area contributed by atoms with Gasteiger partial charge in [-0.15, -0.1) is 11.3 Å². The molecule has 0 radical (unpaired) electrons. The minimum atomic E-state index is -0.379. The third-order valence-corrected chi connectivity index (χ3v) is 6.06. The van der Waals surface area contributed by atoms with Crippen molar-refractivity contribution >= 4 is 45.3 Å². The van der Waals surface area contributed by atoms with Gasteiger partial charge in [0.05, 0.1) is 23.5 Å². The van der Waals surface area contributed by atoms with E-state index in [2.05, 4.69) is 26.5 Å². The van der Waals surface area contributed by atoms with Crippen LogP contribution in [0.25, 0.3) is 10.8 Å². The van der Waals surface area contributed by atoms with E-state index in [9.17, 15) is 14.7 Å². The Labute approximate surface area is 207 Å². The summed E-state index contributed by atoms with van der Waals surface area (Å²) in [6.07, 6.45) is 0. The summed E-state index contributed by atoms with van der Waals surface area (Å²) < 4.78 is 0. The number of hydrogen-bond donors (Lipinski definition) is 5. The van der Waals surface area contributed by atoms with Crippen molar-refractivity contribution in [1.29, 1.82) is 0 Å². The van der Waals surface area contributed by atoms with Crippen molar-refractivity contribution in [2.45, 2.75) is 25.9 Å². The zero-order chi connectivity index (χ0) is 24.8. The Morgan fingerprint density at radius 1 is 1.03 bits per heavy atom. The van der Waals surface area contributed by atoms with Crippen molar-refractivity contribution < 1.29 is 14.7 Å². The summed E-state index contributed by atoms with van der Waals surface area (Å²) in [4.78, 5) is 29.2. The van der Waals surface area contributed by atoms with Crippen LogP contribution >= 0.6 is 11.3 Å². The number of carbonyl (C=O) groups excluding carboxylic acids is 2. The molecule has 0 unspecified atom stereocenters. The molecule has 3 aromatic carbocycles. The lowest BCUT2D eigenvalue weighted by atomic mass is 10.1. The van der Waals surface area contributed by atoms with Crippen molar-refractivity contribution in [3.63, 3.8) is 0 Å². The molecule has 2 amide bonds. The summed E-state index contributed by atoms with van der Waals surface area (Å²) in [5.41, 5.74) is 9.86. The van der Waals surface area contributed by atoms with Gasteiger partial charge in [-0.2, -0.15) is 0 Å². The first-order valence-corrected chi connectivity index (χ1v) is 12.0. The molecule has 0 spiro atoms. The monoisotopic (exact) mass is 489 g/mol. The second-order valence-electron chi connectivity index (χ2n) is 8.74. The van der Waals surface area contributed by atoms with Crippen LogP contribution in [0.1, 0.15) is 40.3 Å². The molecule has 35 heavy (non-hydrogen) atoms. The Hall–Kier alpha value is -3.79. The van der Waals surface area contributed by atoms with Gasteiger partial charge in [0, 0.05) is 28.4 Å². The lowest BCUT2D eigenvalue weighted by Crippen LogP contribution is -2.42. The highest BCUT2D eigenvalue weighted by Gasteiger charge is 2.15. The number of aliphatic hydroxyl groups excluding tert-OH is 1. The number of aliphatic hydroxyl groups is 1. The van der Waals surface area contributed by atoms with Crippen LogP contribution in [0.15, 0.2) is 71.6 Å². The molecule has 0 aliphatic carbocycles. The third kappa shape index (κ3) is 6.21. The Morgan fingerprint density at radius 3 is 2.51 bits per heavy atom. The topological polar surface area (TPSA) is 115 Å². The van der Waals surface area contributed by atoms with Gasteiger partial charge in [0.1, 0.15) is 5.69 Å². The second-order valence-corrected chi connectivity index (χ2v) is 9.46. The van der Waals surface area contributed by atoms with E-state index >= 15 is 0 Å². The number of fused-ring (bicyclic) bond motifs is 1. The molecule has 0 bridgehead atoms. The van der Waals surface area contributed by atoms with E-state index in [0.717, 1.165) is 16.3 Å². The number of hydrazine groups is 1. The number of nitrogens with zero attached hydrogens (tertiary/aromatic N) is 1. The van der Waals surface area contributed by atoms with Crippen LogP contribution in [0.3, 0.4) is 0 Å². The van der Waals surface area contributed by atoms with Crippen LogP contribution in [0.5, 0.6) is 0 Å². The molecule has 5 N–H and O–H groups in total. The fraction of sp³-hybridized carbons (Fsp3) is 0.192. The summed E-state index contributed by atoms with van der Waals surface area (Å²) in [6, 6.07) is 18.7. The van der Waals surface area contributed by atoms with Crippen LogP contribution in [0.2, 0.25) is 0 Å². The zero-order valence-electron chi connectivity index (χ0n) is 19.5. The molecule has 9 heteroatoms. The van der Waals surface area contributed by atoms with Crippen molar-refractivity contribution in [3.8, 4) is 0 Å². The van der Waals surface area contributed by atoms with Crippen LogP contribution < -0.4 is 21.5 Å². The van der Waals surface area contributed by atoms with Crippen molar-refractivity contribution in [2.24, 2.45) is 0 Å². The molecule has 1 heterocycles. The highest BCUT2D eigenvalue weighted by molar-refractivity contribution is 7.07. The molecular weight excluding hydrogens is 462 g/mol. The minimum absolute atomic E-state index is 0.0317. The maximum atomic E-state index is 13.0. The van der Waals surface area contributed by atoms with E-state index in [1.54, 1.807) is 29.1 Å². The number of hydrogen-bond acceptors (Lipinski definition) is 7. The quantitative estimate of drug-likeness (QED) is 0.226. The number of carbonyl (C=O) groups is 2. The minimum Gasteiger partial charge on any atom is -0.394 e. The average molecular weight is 490 g/mol. The first kappa shape index (κ1) is 24.3. The van der Waals surface area contributed by atoms with E-state index < -0.39 is 0 Å². The van der Waals surface area contributed by atoms with Gasteiger partial charge in [0.15, 0.2) is 0 Å². The number of rotatable bonds is 9. The Bertz CT molecular complexity index is 1320. The Kier molecular flexibility index (Phi) is 7.40. The van der Waals surface area contributed by atoms with Gasteiger partial charge >= 0.3 is 0 Å². The van der Waals surface area contributed by atoms with Gasteiger partial charge in [-0.1, -0.05) is 36.4 Å². The van der Waals surface area contributed by atoms with E-state index in [-0.39, 0.29) is 24.0 Å². The first-order chi connectivity index (χ1) is 16.8. The molecule has 0 saturated carbocycles. The van der Waals surface area contributed by atoms with E-state index in [0.29, 0.717) is 29.2 Å². The SMILES string of the molecule is CC(C)(CO)NCc1ccc(C(=O)Nc2cc(NNC(=O)c3cscn3)cc3ccccc23)cc1. The number of amides is 2. The average Bonchev–Trinajstić information content (AvgIpc) is 3.42. The van der Waals surface area contributed by atoms with E-state index in [1.165, 1.54) is 11.3 Å². The summed E-state index contributed by atoms with van der Waals surface area (Å²) >= 11 is 1.34. The number of thiazole rings is 1. The van der Waals surface area contributed by atoms with E-state index in [1.807, 2.05) is 56.3 Å². The number of anilines is 2. The molecule has 4 rings (SSSR count). The Morgan fingerprint density at radius 2 is 1.80 bits per heavy atom. The van der Waals surface area contributed by atoms with Crippen LogP contribution in [0.4, 0.5) is 11.4 Å². The fourth-order valence-corrected chi connectivity index (χ4v) is 3.90. The number of benzene rings is 3. The zero-order valence-corrected chi connectivity index (χ0v) is 20.3. The predicted molar refractivity (Wildman–Crippen MR) is 140 cm³/mol. The third-order valence-electron chi connectivity index (χ3n) is 5.48. The van der Waals surface area contributed by atoms with Crippen LogP contribution in [-0.2, 0) is 6.54 Å². The van der Waals surface area contributed by atoms with Gasteiger partial charge in [-0.3, -0.25) is 20.4 Å². The predicted octanol–water partition coefficient (Wildman–Crippen LogP) is 4.17. The fourth-order valence-electron chi connectivity index (χ4n) is 3.37. The van der Waals surface area contributed by atoms with Crippen LogP contribution in [-0.4, -0.2) is 34.1 Å². The standard InChI is InChI=1S/C26H27N5O3S/c1-26(2,15-32)28-13-17-7-9-18(10-8-17)24(33)29-22-12-20(11-19-5-3-4-6-21(19)22)30-31-25(34)23-14-35-16-27-23/h3-12,14,16,28,30,32H,13,15H2,1-2H3,(H,29,33)(H,31,34). The molecule has 180 valence electrons. The molecule has 1 aromatic heterocycles. The van der Waals surface area contributed by atoms with Crippen molar-refractivity contribution in [2.75, 3.05) is 17.3 Å². The summed E-state index contributed by atoms with van der Waals surface area (Å²) in [5.74, 6) is -0.587. The molecular formula is C26H27N5O3S. The molecule has 8 nitrogen and oxygen atoms in total. The van der Waals surface area contributed by atoms with E-state index in [4.69, 9.17) is 0 Å². The van der Waals surface area contributed by atoms with Gasteiger partial charge in [-0.05, 0) is 49.1 Å². The largest absolute Gasteiger partial charge is 0.394 e. The highest BCUT2D eigenvalue weighted by atomic mass is 32.1. The smallest absolute Gasteiger partial charge is 0.289 e. The van der Waals surface area contributed by atoms with Gasteiger partial charge in [0.2, 0.25) is 0 Å². The molecule has 0 fully saturated rings. The van der Waals surface area contributed by atoms with Crippen molar-refractivity contribution in [3.05, 3.63) is 88.4 Å². The molecule has 0 aliphatic heterocycles. The normalized spacial score (nSPS) is 11.3. The lowest BCUT2D eigenvalue weighted by Gasteiger charge is -2.23. The van der Waals surface area contributed by atoms with Gasteiger partial charge < -0.3 is 15.7 Å². The first-order valence-electron chi connectivity index (χ1n) is 11.1. The van der Waals surface area contributed by atoms with Crippen LogP contribution in [0, 0.1) is 0 Å². The lowest BCUT2D eigenvalue weighted by molar-refractivity contribution is 0.0957. The molecule has 0 saturated heterocycles. The number of nitrogens with one attached hydrogen (secondary N) is 4. The summed E-state index contributed by atoms with van der Waals surface area (Å²) in [7, 11) is 0. The van der Waals surface area contributed by atoms with Gasteiger partial charge in [-0.25, -0.2) is 4.98 Å². The number of aromatic nitrogens is 1. The summed E-state index contributed by atoms with van der Waals surface area (Å²) in [5, 5.41) is 19.1. The maximum Gasteiger partial charge on any atom is 0.289 e. The summed E-state index contributed by atoms with van der Waals surface area (Å²) in [6.45, 7) is 4.46. The van der Waals surface area contributed by atoms with Crippen molar-refractivity contribution in [1.82, 2.24) is 15.7 Å². The maximum absolute atomic E-state index is 13.0. The molecule has 4 aromatic rings. The highest BCUT2D eigenvalue weighted by Crippen LogP contribution is 2.28.